The number of thiazole rings is 1. The van der Waals surface area contributed by atoms with Crippen molar-refractivity contribution in [3.63, 3.8) is 0 Å². The number of nitrogens with zero attached hydrogens (tertiary/aromatic N) is 2. The van der Waals surface area contributed by atoms with Crippen LogP contribution in [0.1, 0.15) is 22.7 Å². The van der Waals surface area contributed by atoms with Gasteiger partial charge in [0, 0.05) is 17.1 Å². The van der Waals surface area contributed by atoms with Gasteiger partial charge in [0.05, 0.1) is 18.7 Å². The summed E-state index contributed by atoms with van der Waals surface area (Å²) in [5.74, 6) is -0.643. The fourth-order valence-electron chi connectivity index (χ4n) is 4.09. The Kier molecular flexibility index (Phi) is 6.51. The lowest BCUT2D eigenvalue weighted by Gasteiger charge is -2.23. The summed E-state index contributed by atoms with van der Waals surface area (Å²) in [6.07, 6.45) is 1.57. The zero-order valence-electron chi connectivity index (χ0n) is 19.3. The molecule has 180 valence electrons. The van der Waals surface area contributed by atoms with Crippen LogP contribution in [0.2, 0.25) is 0 Å². The predicted octanol–water partition coefficient (Wildman–Crippen LogP) is 5.36. The van der Waals surface area contributed by atoms with Gasteiger partial charge in [0.2, 0.25) is 0 Å². The number of carbonyl (C=O) groups excluding carboxylic acids is 2. The molecule has 0 radical (unpaired) electrons. The molecule has 1 aromatic heterocycles. The highest BCUT2D eigenvalue weighted by Crippen LogP contribution is 2.43. The summed E-state index contributed by atoms with van der Waals surface area (Å²) in [6, 6.07) is 22.8. The molecular weight excluding hydrogens is 476 g/mol. The molecule has 0 saturated carbocycles. The van der Waals surface area contributed by atoms with Gasteiger partial charge in [0.1, 0.15) is 23.9 Å². The Morgan fingerprint density at radius 1 is 1.00 bits per heavy atom. The number of aliphatic hydroxyl groups is 1. The fourth-order valence-corrected chi connectivity index (χ4v) is 4.76. The van der Waals surface area contributed by atoms with Gasteiger partial charge in [-0.3, -0.25) is 14.5 Å². The van der Waals surface area contributed by atoms with Crippen LogP contribution in [-0.4, -0.2) is 28.9 Å². The molecular formula is C28H22N2O5S. The SMILES string of the molecule is COc1cccc(C(O)=C2C(=O)C(=O)N(c3nccs3)C2c2ccc(OCc3ccccc3)cc2)c1. The summed E-state index contributed by atoms with van der Waals surface area (Å²) in [7, 11) is 1.52. The van der Waals surface area contributed by atoms with E-state index in [4.69, 9.17) is 9.47 Å². The zero-order valence-corrected chi connectivity index (χ0v) is 20.1. The molecule has 3 aromatic carbocycles. The number of ether oxygens (including phenoxy) is 2. The molecule has 1 unspecified atom stereocenters. The summed E-state index contributed by atoms with van der Waals surface area (Å²) in [6.45, 7) is 0.410. The van der Waals surface area contributed by atoms with Crippen molar-refractivity contribution in [2.75, 3.05) is 12.0 Å². The molecule has 4 aromatic rings. The molecule has 1 aliphatic rings. The lowest BCUT2D eigenvalue weighted by molar-refractivity contribution is -0.132. The number of methoxy groups -OCH3 is 1. The van der Waals surface area contributed by atoms with Crippen molar-refractivity contribution in [3.05, 3.63) is 113 Å². The topological polar surface area (TPSA) is 89.0 Å². The Morgan fingerprint density at radius 3 is 2.47 bits per heavy atom. The van der Waals surface area contributed by atoms with Crippen molar-refractivity contribution in [2.24, 2.45) is 0 Å². The first-order valence-corrected chi connectivity index (χ1v) is 12.1. The molecule has 8 heteroatoms. The monoisotopic (exact) mass is 498 g/mol. The molecule has 1 atom stereocenters. The summed E-state index contributed by atoms with van der Waals surface area (Å²) < 4.78 is 11.1. The van der Waals surface area contributed by atoms with Gasteiger partial charge in [0.15, 0.2) is 5.13 Å². The quantitative estimate of drug-likeness (QED) is 0.210. The van der Waals surface area contributed by atoms with E-state index in [0.29, 0.717) is 34.4 Å². The van der Waals surface area contributed by atoms with Crippen LogP contribution in [0.4, 0.5) is 5.13 Å². The van der Waals surface area contributed by atoms with Crippen LogP contribution in [0, 0.1) is 0 Å². The van der Waals surface area contributed by atoms with E-state index >= 15 is 0 Å². The Hall–Kier alpha value is -4.43. The number of aliphatic hydroxyl groups excluding tert-OH is 1. The third-order valence-electron chi connectivity index (χ3n) is 5.86. The van der Waals surface area contributed by atoms with E-state index in [9.17, 15) is 14.7 Å². The number of hydrogen-bond acceptors (Lipinski definition) is 7. The van der Waals surface area contributed by atoms with Crippen LogP contribution in [0.3, 0.4) is 0 Å². The number of carbonyl (C=O) groups is 2. The van der Waals surface area contributed by atoms with Gasteiger partial charge in [-0.2, -0.15) is 0 Å². The average Bonchev–Trinajstić information content (AvgIpc) is 3.54. The number of rotatable bonds is 7. The van der Waals surface area contributed by atoms with Crippen LogP contribution in [0.25, 0.3) is 5.76 Å². The van der Waals surface area contributed by atoms with E-state index in [0.717, 1.165) is 5.56 Å². The van der Waals surface area contributed by atoms with Gasteiger partial charge in [-0.25, -0.2) is 4.98 Å². The van der Waals surface area contributed by atoms with Gasteiger partial charge < -0.3 is 14.6 Å². The van der Waals surface area contributed by atoms with Gasteiger partial charge in [0.25, 0.3) is 5.78 Å². The second-order valence-corrected chi connectivity index (χ2v) is 8.93. The summed E-state index contributed by atoms with van der Waals surface area (Å²) in [5.41, 5.74) is 2.04. The number of benzene rings is 3. The molecule has 1 aliphatic heterocycles. The van der Waals surface area contributed by atoms with Crippen LogP contribution in [0.5, 0.6) is 11.5 Å². The van der Waals surface area contributed by atoms with Gasteiger partial charge in [-0.15, -0.1) is 11.3 Å². The number of Topliss-reactive ketones (excluding diaryl/α,β-unsaturated/α-hetero) is 1. The fraction of sp³-hybridized carbons (Fsp3) is 0.107. The van der Waals surface area contributed by atoms with Gasteiger partial charge in [-0.05, 0) is 35.4 Å². The van der Waals surface area contributed by atoms with E-state index in [-0.39, 0.29) is 11.3 Å². The molecule has 1 N–H and O–H groups in total. The first-order valence-electron chi connectivity index (χ1n) is 11.2. The van der Waals surface area contributed by atoms with Crippen molar-refractivity contribution in [1.29, 1.82) is 0 Å². The van der Waals surface area contributed by atoms with Gasteiger partial charge in [-0.1, -0.05) is 54.6 Å². The molecule has 5 rings (SSSR count). The maximum atomic E-state index is 13.2. The Labute approximate surface area is 211 Å². The Morgan fingerprint density at radius 2 is 1.78 bits per heavy atom. The largest absolute Gasteiger partial charge is 0.507 e. The van der Waals surface area contributed by atoms with Crippen molar-refractivity contribution in [1.82, 2.24) is 4.98 Å². The first kappa shape index (κ1) is 23.3. The number of aromatic nitrogens is 1. The third kappa shape index (κ3) is 4.46. The highest BCUT2D eigenvalue weighted by atomic mass is 32.1. The number of hydrogen-bond donors (Lipinski definition) is 1. The minimum Gasteiger partial charge on any atom is -0.507 e. The highest BCUT2D eigenvalue weighted by molar-refractivity contribution is 7.14. The number of amides is 1. The molecule has 36 heavy (non-hydrogen) atoms. The molecule has 0 aliphatic carbocycles. The standard InChI is InChI=1S/C28H22N2O5S/c1-34-22-9-5-8-20(16-22)25(31)23-24(30(27(33)26(23)32)28-29-14-15-36-28)19-10-12-21(13-11-19)35-17-18-6-3-2-4-7-18/h2-16,24,31H,17H2,1H3. The van der Waals surface area contributed by atoms with Crippen LogP contribution < -0.4 is 14.4 Å². The van der Waals surface area contributed by atoms with Crippen molar-refractivity contribution >= 4 is 33.9 Å². The molecule has 1 saturated heterocycles. The maximum absolute atomic E-state index is 13.2. The van der Waals surface area contributed by atoms with E-state index < -0.39 is 17.7 Å². The molecule has 7 nitrogen and oxygen atoms in total. The molecule has 2 heterocycles. The summed E-state index contributed by atoms with van der Waals surface area (Å²) >= 11 is 1.24. The maximum Gasteiger partial charge on any atom is 0.301 e. The highest BCUT2D eigenvalue weighted by Gasteiger charge is 2.48. The minimum absolute atomic E-state index is 0.0126. The second-order valence-electron chi connectivity index (χ2n) is 8.06. The second kappa shape index (κ2) is 10.1. The molecule has 1 fully saturated rings. The van der Waals surface area contributed by atoms with Crippen molar-refractivity contribution in [2.45, 2.75) is 12.6 Å². The average molecular weight is 499 g/mol. The lowest BCUT2D eigenvalue weighted by Crippen LogP contribution is -2.29. The van der Waals surface area contributed by atoms with E-state index in [1.54, 1.807) is 60.1 Å². The van der Waals surface area contributed by atoms with E-state index in [1.807, 2.05) is 30.3 Å². The smallest absolute Gasteiger partial charge is 0.301 e. The normalized spacial score (nSPS) is 16.8. The van der Waals surface area contributed by atoms with Crippen molar-refractivity contribution in [3.8, 4) is 11.5 Å². The van der Waals surface area contributed by atoms with E-state index in [2.05, 4.69) is 4.98 Å². The zero-order chi connectivity index (χ0) is 25.1. The summed E-state index contributed by atoms with van der Waals surface area (Å²) in [5, 5.41) is 13.3. The van der Waals surface area contributed by atoms with Crippen LogP contribution in [0.15, 0.2) is 96.0 Å². The Balaban J connectivity index is 1.54. The minimum atomic E-state index is -0.856. The predicted molar refractivity (Wildman–Crippen MR) is 137 cm³/mol. The molecule has 0 spiro atoms. The molecule has 1 amide bonds. The van der Waals surface area contributed by atoms with Crippen molar-refractivity contribution < 1.29 is 24.2 Å². The van der Waals surface area contributed by atoms with E-state index in [1.165, 1.54) is 23.3 Å². The third-order valence-corrected chi connectivity index (χ3v) is 6.63. The number of ketones is 1. The van der Waals surface area contributed by atoms with Crippen LogP contribution >= 0.6 is 11.3 Å². The molecule has 0 bridgehead atoms. The number of anilines is 1. The summed E-state index contributed by atoms with van der Waals surface area (Å²) in [4.78, 5) is 31.9. The van der Waals surface area contributed by atoms with Gasteiger partial charge >= 0.3 is 5.91 Å². The Bertz CT molecular complexity index is 1420. The van der Waals surface area contributed by atoms with Crippen LogP contribution in [-0.2, 0) is 16.2 Å². The lowest BCUT2D eigenvalue weighted by atomic mass is 9.95. The first-order chi connectivity index (χ1) is 17.6.